The monoisotopic (exact) mass is 488 g/mol. The van der Waals surface area contributed by atoms with E-state index in [0.717, 1.165) is 5.56 Å². The molecule has 0 fully saturated rings. The molecule has 0 saturated carbocycles. The minimum atomic E-state index is -0.390. The third-order valence-electron chi connectivity index (χ3n) is 4.61. The molecule has 172 valence electrons. The lowest BCUT2D eigenvalue weighted by atomic mass is 10.2. The summed E-state index contributed by atoms with van der Waals surface area (Å²) >= 11 is 12.1. The van der Waals surface area contributed by atoms with E-state index < -0.39 is 0 Å². The number of halogens is 2. The quantitative estimate of drug-likeness (QED) is 0.323. The van der Waals surface area contributed by atoms with Gasteiger partial charge in [0.05, 0.1) is 27.5 Å². The molecule has 0 aliphatic rings. The summed E-state index contributed by atoms with van der Waals surface area (Å²) in [5.41, 5.74) is 4.37. The van der Waals surface area contributed by atoms with E-state index in [1.54, 1.807) is 54.6 Å². The first-order valence-electron chi connectivity index (χ1n) is 9.75. The van der Waals surface area contributed by atoms with Crippen LogP contribution in [-0.2, 0) is 6.61 Å². The van der Waals surface area contributed by atoms with E-state index >= 15 is 0 Å². The highest BCUT2D eigenvalue weighted by Crippen LogP contribution is 2.30. The van der Waals surface area contributed by atoms with Crippen LogP contribution < -0.4 is 24.4 Å². The Morgan fingerprint density at radius 1 is 0.879 bits per heavy atom. The summed E-state index contributed by atoms with van der Waals surface area (Å²) in [6.07, 6.45) is 1.50. The molecule has 0 heterocycles. The molecule has 3 aromatic rings. The first kappa shape index (κ1) is 24.2. The summed E-state index contributed by atoms with van der Waals surface area (Å²) in [6, 6.07) is 15.3. The van der Waals surface area contributed by atoms with Crippen molar-refractivity contribution in [3.8, 4) is 23.0 Å². The number of hydrogen-bond acceptors (Lipinski definition) is 6. The highest BCUT2D eigenvalue weighted by molar-refractivity contribution is 6.35. The highest BCUT2D eigenvalue weighted by atomic mass is 35.5. The summed E-state index contributed by atoms with van der Waals surface area (Å²) in [7, 11) is 4.57. The maximum Gasteiger partial charge on any atom is 0.271 e. The lowest BCUT2D eigenvalue weighted by Crippen LogP contribution is -2.17. The van der Waals surface area contributed by atoms with Crippen LogP contribution in [-0.4, -0.2) is 33.5 Å². The molecule has 3 aromatic carbocycles. The predicted molar refractivity (Wildman–Crippen MR) is 128 cm³/mol. The zero-order valence-corrected chi connectivity index (χ0v) is 19.7. The van der Waals surface area contributed by atoms with Gasteiger partial charge in [-0.1, -0.05) is 29.3 Å². The molecule has 0 saturated heterocycles. The minimum absolute atomic E-state index is 0.251. The Bertz CT molecular complexity index is 1170. The smallest absolute Gasteiger partial charge is 0.271 e. The Balaban J connectivity index is 1.64. The SMILES string of the molecule is COc1ccc(C(=O)N/N=C/c2ccc(OCc3ccc(Cl)cc3Cl)c(OC)c2)cc1OC. The van der Waals surface area contributed by atoms with Crippen LogP contribution in [0.1, 0.15) is 21.5 Å². The van der Waals surface area contributed by atoms with Gasteiger partial charge in [0.15, 0.2) is 23.0 Å². The average molecular weight is 489 g/mol. The normalized spacial score (nSPS) is 10.7. The number of hydrazone groups is 1. The first-order valence-corrected chi connectivity index (χ1v) is 10.5. The van der Waals surface area contributed by atoms with Crippen LogP contribution in [0.15, 0.2) is 59.7 Å². The summed E-state index contributed by atoms with van der Waals surface area (Å²) in [5, 5.41) is 5.09. The van der Waals surface area contributed by atoms with E-state index in [4.69, 9.17) is 42.1 Å². The number of nitrogens with one attached hydrogen (secondary N) is 1. The molecule has 3 rings (SSSR count). The van der Waals surface area contributed by atoms with Gasteiger partial charge < -0.3 is 18.9 Å². The van der Waals surface area contributed by atoms with Crippen LogP contribution in [0.25, 0.3) is 0 Å². The van der Waals surface area contributed by atoms with Gasteiger partial charge in [-0.05, 0) is 54.1 Å². The van der Waals surface area contributed by atoms with Crippen molar-refractivity contribution in [1.82, 2.24) is 5.43 Å². The van der Waals surface area contributed by atoms with Gasteiger partial charge in [-0.15, -0.1) is 0 Å². The number of ether oxygens (including phenoxy) is 4. The van der Waals surface area contributed by atoms with Crippen molar-refractivity contribution in [2.24, 2.45) is 5.10 Å². The van der Waals surface area contributed by atoms with Crippen LogP contribution in [0.3, 0.4) is 0 Å². The van der Waals surface area contributed by atoms with E-state index in [1.807, 2.05) is 0 Å². The Kier molecular flexibility index (Phi) is 8.40. The van der Waals surface area contributed by atoms with Crippen LogP contribution in [0.5, 0.6) is 23.0 Å². The van der Waals surface area contributed by atoms with Crippen molar-refractivity contribution in [1.29, 1.82) is 0 Å². The van der Waals surface area contributed by atoms with Crippen LogP contribution >= 0.6 is 23.2 Å². The van der Waals surface area contributed by atoms with E-state index in [1.165, 1.54) is 27.5 Å². The number of benzene rings is 3. The molecule has 1 amide bonds. The Hall–Kier alpha value is -3.42. The van der Waals surface area contributed by atoms with Gasteiger partial charge in [0.1, 0.15) is 6.61 Å². The number of carbonyl (C=O) groups is 1. The Morgan fingerprint density at radius 3 is 2.27 bits per heavy atom. The third kappa shape index (κ3) is 6.31. The number of methoxy groups -OCH3 is 3. The maximum absolute atomic E-state index is 12.4. The predicted octanol–water partition coefficient (Wildman–Crippen LogP) is 5.36. The van der Waals surface area contributed by atoms with Gasteiger partial charge >= 0.3 is 0 Å². The molecule has 9 heteroatoms. The summed E-state index contributed by atoms with van der Waals surface area (Å²) < 4.78 is 21.6. The fraction of sp³-hybridized carbons (Fsp3) is 0.167. The molecular formula is C24H22Cl2N2O5. The molecule has 0 atom stereocenters. The molecule has 0 radical (unpaired) electrons. The lowest BCUT2D eigenvalue weighted by molar-refractivity contribution is 0.0954. The fourth-order valence-electron chi connectivity index (χ4n) is 2.89. The Labute approximate surface area is 201 Å². The van der Waals surface area contributed by atoms with E-state index in [0.29, 0.717) is 44.2 Å². The van der Waals surface area contributed by atoms with Crippen molar-refractivity contribution in [3.63, 3.8) is 0 Å². The molecule has 0 spiro atoms. The summed E-state index contributed by atoms with van der Waals surface area (Å²) in [6.45, 7) is 0.251. The van der Waals surface area contributed by atoms with Gasteiger partial charge in [-0.3, -0.25) is 4.79 Å². The van der Waals surface area contributed by atoms with E-state index in [9.17, 15) is 4.79 Å². The lowest BCUT2D eigenvalue weighted by Gasteiger charge is -2.12. The summed E-state index contributed by atoms with van der Waals surface area (Å²) in [4.78, 5) is 12.4. The van der Waals surface area contributed by atoms with Gasteiger partial charge in [0.2, 0.25) is 0 Å². The maximum atomic E-state index is 12.4. The van der Waals surface area contributed by atoms with Crippen molar-refractivity contribution in [3.05, 3.63) is 81.3 Å². The summed E-state index contributed by atoms with van der Waals surface area (Å²) in [5.74, 6) is 1.64. The van der Waals surface area contributed by atoms with Crippen molar-refractivity contribution in [2.45, 2.75) is 6.61 Å². The minimum Gasteiger partial charge on any atom is -0.493 e. The fourth-order valence-corrected chi connectivity index (χ4v) is 3.35. The molecule has 0 aliphatic carbocycles. The zero-order chi connectivity index (χ0) is 23.8. The number of rotatable bonds is 9. The third-order valence-corrected chi connectivity index (χ3v) is 5.20. The van der Waals surface area contributed by atoms with Crippen molar-refractivity contribution < 1.29 is 23.7 Å². The second kappa shape index (κ2) is 11.4. The number of carbonyl (C=O) groups excluding carboxylic acids is 1. The highest BCUT2D eigenvalue weighted by Gasteiger charge is 2.11. The van der Waals surface area contributed by atoms with Crippen LogP contribution in [0.4, 0.5) is 0 Å². The van der Waals surface area contributed by atoms with E-state index in [-0.39, 0.29) is 12.5 Å². The molecule has 7 nitrogen and oxygen atoms in total. The zero-order valence-electron chi connectivity index (χ0n) is 18.2. The van der Waals surface area contributed by atoms with Gasteiger partial charge in [-0.25, -0.2) is 5.43 Å². The molecule has 33 heavy (non-hydrogen) atoms. The van der Waals surface area contributed by atoms with Gasteiger partial charge in [0.25, 0.3) is 5.91 Å². The molecular weight excluding hydrogens is 467 g/mol. The first-order chi connectivity index (χ1) is 15.9. The van der Waals surface area contributed by atoms with Crippen LogP contribution in [0, 0.1) is 0 Å². The van der Waals surface area contributed by atoms with Gasteiger partial charge in [0, 0.05) is 21.2 Å². The van der Waals surface area contributed by atoms with Crippen LogP contribution in [0.2, 0.25) is 10.0 Å². The van der Waals surface area contributed by atoms with Crippen molar-refractivity contribution >= 4 is 35.3 Å². The molecule has 1 N–H and O–H groups in total. The standard InChI is InChI=1S/C24H22Cl2N2O5/c1-30-20-9-6-16(11-23(20)32-3)24(29)28-27-13-15-4-8-21(22(10-15)31-2)33-14-17-5-7-18(25)12-19(17)26/h4-13H,14H2,1-3H3,(H,28,29)/b27-13+. The number of nitrogens with zero attached hydrogens (tertiary/aromatic N) is 1. The molecule has 0 aromatic heterocycles. The Morgan fingerprint density at radius 2 is 1.58 bits per heavy atom. The molecule has 0 unspecified atom stereocenters. The van der Waals surface area contributed by atoms with Crippen molar-refractivity contribution in [2.75, 3.05) is 21.3 Å². The number of hydrogen-bond donors (Lipinski definition) is 1. The van der Waals surface area contributed by atoms with Gasteiger partial charge in [-0.2, -0.15) is 5.10 Å². The largest absolute Gasteiger partial charge is 0.493 e. The second-order valence-electron chi connectivity index (χ2n) is 6.70. The molecule has 0 bridgehead atoms. The average Bonchev–Trinajstić information content (AvgIpc) is 2.83. The van der Waals surface area contributed by atoms with E-state index in [2.05, 4.69) is 10.5 Å². The second-order valence-corrected chi connectivity index (χ2v) is 7.55. The number of amides is 1. The topological polar surface area (TPSA) is 78.4 Å². The molecule has 0 aliphatic heterocycles.